The maximum atomic E-state index is 13.4. The molecule has 5 rings (SSSR count). The van der Waals surface area contributed by atoms with Crippen molar-refractivity contribution in [2.24, 2.45) is 11.8 Å². The average Bonchev–Trinajstić information content (AvgIpc) is 2.99. The van der Waals surface area contributed by atoms with Crippen molar-refractivity contribution in [3.63, 3.8) is 0 Å². The molecule has 216 valence electrons. The highest BCUT2D eigenvalue weighted by molar-refractivity contribution is 5.91. The second-order valence-electron chi connectivity index (χ2n) is 11.3. The molecule has 3 atom stereocenters. The van der Waals surface area contributed by atoms with E-state index in [0.717, 1.165) is 36.6 Å². The van der Waals surface area contributed by atoms with Crippen LogP contribution in [0.5, 0.6) is 11.5 Å². The SMILES string of the molecule is O=C(CN1CCC2CCCCC2C1)N[C@@H](COCc1ccccc1)C(=O)Cc1ccc(Oc2ccc(F)cc2)cc1. The fourth-order valence-electron chi connectivity index (χ4n) is 5.99. The maximum absolute atomic E-state index is 13.4. The van der Waals surface area contributed by atoms with E-state index >= 15 is 0 Å². The number of nitrogens with zero attached hydrogens (tertiary/aromatic N) is 1. The number of piperidine rings is 1. The van der Waals surface area contributed by atoms with E-state index in [1.807, 2.05) is 42.5 Å². The summed E-state index contributed by atoms with van der Waals surface area (Å²) in [4.78, 5) is 28.8. The Morgan fingerprint density at radius 1 is 0.854 bits per heavy atom. The Hall–Kier alpha value is -3.55. The van der Waals surface area contributed by atoms with Crippen molar-refractivity contribution < 1.29 is 23.5 Å². The number of hydrogen-bond donors (Lipinski definition) is 1. The summed E-state index contributed by atoms with van der Waals surface area (Å²) < 4.78 is 24.8. The normalized spacial score (nSPS) is 19.6. The van der Waals surface area contributed by atoms with Crippen molar-refractivity contribution in [2.45, 2.75) is 51.2 Å². The lowest BCUT2D eigenvalue weighted by molar-refractivity contribution is -0.130. The number of ketones is 1. The molecule has 2 unspecified atom stereocenters. The van der Waals surface area contributed by atoms with Gasteiger partial charge >= 0.3 is 0 Å². The van der Waals surface area contributed by atoms with Crippen LogP contribution in [0.2, 0.25) is 0 Å². The second-order valence-corrected chi connectivity index (χ2v) is 11.3. The number of benzene rings is 3. The molecule has 1 amide bonds. The number of rotatable bonds is 12. The summed E-state index contributed by atoms with van der Waals surface area (Å²) in [7, 11) is 0. The predicted octanol–water partition coefficient (Wildman–Crippen LogP) is 5.94. The van der Waals surface area contributed by atoms with Crippen LogP contribution >= 0.6 is 0 Å². The first-order valence-electron chi connectivity index (χ1n) is 14.7. The zero-order valence-corrected chi connectivity index (χ0v) is 23.5. The van der Waals surface area contributed by atoms with Crippen LogP contribution in [0.4, 0.5) is 4.39 Å². The smallest absolute Gasteiger partial charge is 0.234 e. The number of likely N-dealkylation sites (tertiary alicyclic amines) is 1. The fraction of sp³-hybridized carbons (Fsp3) is 0.412. The molecule has 2 fully saturated rings. The third kappa shape index (κ3) is 8.72. The third-order valence-electron chi connectivity index (χ3n) is 8.21. The molecule has 1 aliphatic heterocycles. The number of ether oxygens (including phenoxy) is 2. The summed E-state index contributed by atoms with van der Waals surface area (Å²) in [6, 6.07) is 22.1. The Kier molecular flexibility index (Phi) is 10.2. The minimum atomic E-state index is -0.742. The number of Topliss-reactive ketones (excluding diaryl/α,β-unsaturated/α-hetero) is 1. The Bertz CT molecular complexity index is 1270. The quantitative estimate of drug-likeness (QED) is 0.298. The molecular weight excluding hydrogens is 519 g/mol. The lowest BCUT2D eigenvalue weighted by atomic mass is 9.75. The molecule has 1 saturated heterocycles. The highest BCUT2D eigenvalue weighted by Gasteiger charge is 2.32. The largest absolute Gasteiger partial charge is 0.457 e. The van der Waals surface area contributed by atoms with E-state index in [0.29, 0.717) is 30.6 Å². The van der Waals surface area contributed by atoms with Gasteiger partial charge in [-0.1, -0.05) is 61.7 Å². The molecule has 0 aromatic heterocycles. The average molecular weight is 559 g/mol. The lowest BCUT2D eigenvalue weighted by Crippen LogP contribution is -2.50. The maximum Gasteiger partial charge on any atom is 0.234 e. The van der Waals surface area contributed by atoms with Crippen molar-refractivity contribution in [2.75, 3.05) is 26.2 Å². The van der Waals surface area contributed by atoms with Crippen molar-refractivity contribution in [1.82, 2.24) is 10.2 Å². The summed E-state index contributed by atoms with van der Waals surface area (Å²) in [6.45, 7) is 2.68. The van der Waals surface area contributed by atoms with Crippen LogP contribution in [0.25, 0.3) is 0 Å². The number of nitrogens with one attached hydrogen (secondary N) is 1. The molecule has 2 aliphatic rings. The van der Waals surface area contributed by atoms with Gasteiger partial charge in [0.05, 0.1) is 19.8 Å². The van der Waals surface area contributed by atoms with Crippen LogP contribution in [0, 0.1) is 17.7 Å². The van der Waals surface area contributed by atoms with Gasteiger partial charge in [-0.15, -0.1) is 0 Å². The van der Waals surface area contributed by atoms with E-state index in [1.54, 1.807) is 24.3 Å². The van der Waals surface area contributed by atoms with Gasteiger partial charge in [-0.2, -0.15) is 0 Å². The number of amides is 1. The van der Waals surface area contributed by atoms with Gasteiger partial charge in [0, 0.05) is 13.0 Å². The van der Waals surface area contributed by atoms with Gasteiger partial charge in [-0.3, -0.25) is 14.5 Å². The van der Waals surface area contributed by atoms with Gasteiger partial charge in [0.2, 0.25) is 5.91 Å². The van der Waals surface area contributed by atoms with Gasteiger partial charge in [0.25, 0.3) is 0 Å². The Balaban J connectivity index is 1.17. The second kappa shape index (κ2) is 14.4. The van der Waals surface area contributed by atoms with E-state index in [4.69, 9.17) is 9.47 Å². The number of carbonyl (C=O) groups is 2. The van der Waals surface area contributed by atoms with Gasteiger partial charge in [-0.05, 0) is 78.7 Å². The molecule has 1 N–H and O–H groups in total. The number of carbonyl (C=O) groups excluding carboxylic acids is 2. The minimum absolute atomic E-state index is 0.107. The van der Waals surface area contributed by atoms with Crippen LogP contribution in [0.3, 0.4) is 0 Å². The highest BCUT2D eigenvalue weighted by Crippen LogP contribution is 2.35. The van der Waals surface area contributed by atoms with E-state index in [1.165, 1.54) is 37.8 Å². The molecular formula is C34H39FN2O4. The monoisotopic (exact) mass is 558 g/mol. The lowest BCUT2D eigenvalue weighted by Gasteiger charge is -2.41. The molecule has 0 spiro atoms. The minimum Gasteiger partial charge on any atom is -0.457 e. The summed E-state index contributed by atoms with van der Waals surface area (Å²) >= 11 is 0. The molecule has 1 saturated carbocycles. The van der Waals surface area contributed by atoms with Gasteiger partial charge in [0.1, 0.15) is 23.4 Å². The number of hydrogen-bond acceptors (Lipinski definition) is 5. The van der Waals surface area contributed by atoms with Gasteiger partial charge in [0.15, 0.2) is 5.78 Å². The Morgan fingerprint density at radius 3 is 2.27 bits per heavy atom. The predicted molar refractivity (Wildman–Crippen MR) is 156 cm³/mol. The first-order chi connectivity index (χ1) is 20.0. The zero-order valence-electron chi connectivity index (χ0n) is 23.5. The van der Waals surface area contributed by atoms with Crippen molar-refractivity contribution >= 4 is 11.7 Å². The summed E-state index contributed by atoms with van der Waals surface area (Å²) in [5, 5.41) is 2.98. The van der Waals surface area contributed by atoms with Crippen LogP contribution in [0.1, 0.15) is 43.2 Å². The van der Waals surface area contributed by atoms with Crippen LogP contribution in [-0.2, 0) is 27.4 Å². The van der Waals surface area contributed by atoms with E-state index in [-0.39, 0.29) is 30.5 Å². The summed E-state index contributed by atoms with van der Waals surface area (Å²) in [5.74, 6) is 2.04. The molecule has 0 bridgehead atoms. The molecule has 3 aromatic rings. The van der Waals surface area contributed by atoms with Crippen LogP contribution < -0.4 is 10.1 Å². The van der Waals surface area contributed by atoms with Crippen molar-refractivity contribution in [3.8, 4) is 11.5 Å². The zero-order chi connectivity index (χ0) is 28.4. The summed E-state index contributed by atoms with van der Waals surface area (Å²) in [6.07, 6.45) is 6.50. The Labute approximate surface area is 241 Å². The third-order valence-corrected chi connectivity index (χ3v) is 8.21. The molecule has 3 aromatic carbocycles. The molecule has 1 aliphatic carbocycles. The van der Waals surface area contributed by atoms with E-state index < -0.39 is 6.04 Å². The number of fused-ring (bicyclic) bond motifs is 1. The summed E-state index contributed by atoms with van der Waals surface area (Å²) in [5.41, 5.74) is 1.82. The van der Waals surface area contributed by atoms with Crippen molar-refractivity contribution in [1.29, 1.82) is 0 Å². The number of halogens is 1. The molecule has 7 heteroatoms. The fourth-order valence-corrected chi connectivity index (χ4v) is 5.99. The standard InChI is InChI=1S/C34H39FN2O4/c35-29-12-16-31(17-13-29)41-30-14-10-25(11-15-30)20-33(38)32(24-40-23-26-6-2-1-3-7-26)36-34(39)22-37-19-18-27-8-4-5-9-28(27)21-37/h1-3,6-7,10-17,27-28,32H,4-5,8-9,18-24H2,(H,36,39)/t27?,28?,32-/m0/s1. The first-order valence-corrected chi connectivity index (χ1v) is 14.7. The van der Waals surface area contributed by atoms with E-state index in [9.17, 15) is 14.0 Å². The highest BCUT2D eigenvalue weighted by atomic mass is 19.1. The van der Waals surface area contributed by atoms with Gasteiger partial charge < -0.3 is 14.8 Å². The topological polar surface area (TPSA) is 67.9 Å². The molecule has 0 radical (unpaired) electrons. The Morgan fingerprint density at radius 2 is 1.54 bits per heavy atom. The van der Waals surface area contributed by atoms with Crippen LogP contribution in [0.15, 0.2) is 78.9 Å². The van der Waals surface area contributed by atoms with Crippen LogP contribution in [-0.4, -0.2) is 48.9 Å². The molecule has 6 nitrogen and oxygen atoms in total. The van der Waals surface area contributed by atoms with Gasteiger partial charge in [-0.25, -0.2) is 4.39 Å². The van der Waals surface area contributed by atoms with Crippen molar-refractivity contribution in [3.05, 3.63) is 95.8 Å². The molecule has 1 heterocycles. The first kappa shape index (κ1) is 29.0. The molecule has 41 heavy (non-hydrogen) atoms. The van der Waals surface area contributed by atoms with E-state index in [2.05, 4.69) is 10.2 Å².